The third-order valence-corrected chi connectivity index (χ3v) is 5.92. The molecule has 2 saturated carbocycles. The van der Waals surface area contributed by atoms with Gasteiger partial charge in [0, 0.05) is 24.0 Å². The molecule has 0 unspecified atom stereocenters. The average molecular weight is 423 g/mol. The van der Waals surface area contributed by atoms with Crippen LogP contribution in [-0.2, 0) is 15.8 Å². The molecule has 4 rings (SSSR count). The second kappa shape index (κ2) is 7.69. The lowest BCUT2D eigenvalue weighted by Gasteiger charge is -2.36. The number of nitrogens with one attached hydrogen (secondary N) is 1. The molecule has 0 aromatic carbocycles. The monoisotopic (exact) mass is 423 g/mol. The predicted molar refractivity (Wildman–Crippen MR) is 96.9 cm³/mol. The van der Waals surface area contributed by atoms with Crippen molar-refractivity contribution in [1.29, 1.82) is 0 Å². The van der Waals surface area contributed by atoms with Gasteiger partial charge in [0.15, 0.2) is 0 Å². The number of amides is 1. The zero-order valence-corrected chi connectivity index (χ0v) is 15.8. The molecule has 2 aliphatic rings. The minimum absolute atomic E-state index is 0.0816. The first kappa shape index (κ1) is 20.3. The van der Waals surface area contributed by atoms with Gasteiger partial charge < -0.3 is 10.4 Å². The molecule has 2 aromatic heterocycles. The first-order valence-corrected chi connectivity index (χ1v) is 9.70. The molecule has 2 atom stereocenters. The average Bonchev–Trinajstić information content (AvgIpc) is 3.33. The fraction of sp³-hybridized carbons (Fsp3) is 0.526. The number of halogens is 3. The number of aromatic nitrogens is 4. The van der Waals surface area contributed by atoms with E-state index in [1.807, 2.05) is 0 Å². The lowest BCUT2D eigenvalue weighted by Crippen LogP contribution is -2.48. The number of carboxylic acids is 1. The minimum atomic E-state index is -4.53. The first-order valence-electron chi connectivity index (χ1n) is 9.70. The van der Waals surface area contributed by atoms with E-state index in [1.54, 1.807) is 0 Å². The Labute approximate surface area is 169 Å². The van der Waals surface area contributed by atoms with E-state index in [0.29, 0.717) is 25.7 Å². The SMILES string of the molecule is O=C(O)[C@@H]1CCC[C@H]1C(=O)NC1CC(n2cc(-c3cnccc3C(F)(F)F)nn2)C1. The topological polar surface area (TPSA) is 110 Å². The highest BCUT2D eigenvalue weighted by atomic mass is 19.4. The number of carbonyl (C=O) groups excluding carboxylic acids is 1. The Hall–Kier alpha value is -2.98. The summed E-state index contributed by atoms with van der Waals surface area (Å²) in [5, 5.41) is 19.9. The molecule has 2 aromatic rings. The molecule has 8 nitrogen and oxygen atoms in total. The second-order valence-electron chi connectivity index (χ2n) is 7.82. The van der Waals surface area contributed by atoms with Gasteiger partial charge in [0.1, 0.15) is 5.69 Å². The molecule has 0 aliphatic heterocycles. The number of alkyl halides is 3. The van der Waals surface area contributed by atoms with Crippen molar-refractivity contribution in [1.82, 2.24) is 25.3 Å². The summed E-state index contributed by atoms with van der Waals surface area (Å²) in [4.78, 5) is 27.4. The van der Waals surface area contributed by atoms with Crippen LogP contribution in [0.4, 0.5) is 13.2 Å². The van der Waals surface area contributed by atoms with Crippen molar-refractivity contribution in [3.05, 3.63) is 30.2 Å². The summed E-state index contributed by atoms with van der Waals surface area (Å²) in [5.41, 5.74) is -0.882. The number of hydrogen-bond acceptors (Lipinski definition) is 5. The highest BCUT2D eigenvalue weighted by Gasteiger charge is 2.40. The van der Waals surface area contributed by atoms with Crippen LogP contribution in [0, 0.1) is 11.8 Å². The summed E-state index contributed by atoms with van der Waals surface area (Å²) in [5.74, 6) is -2.33. The largest absolute Gasteiger partial charge is 0.481 e. The van der Waals surface area contributed by atoms with E-state index in [0.717, 1.165) is 24.9 Å². The van der Waals surface area contributed by atoms with E-state index in [-0.39, 0.29) is 29.2 Å². The van der Waals surface area contributed by atoms with Crippen molar-refractivity contribution in [2.24, 2.45) is 11.8 Å². The summed E-state index contributed by atoms with van der Waals surface area (Å²) in [6.07, 6.45) is 2.02. The van der Waals surface area contributed by atoms with Gasteiger partial charge in [-0.3, -0.25) is 14.6 Å². The van der Waals surface area contributed by atoms with Crippen molar-refractivity contribution in [2.45, 2.75) is 50.4 Å². The van der Waals surface area contributed by atoms with Crippen molar-refractivity contribution >= 4 is 11.9 Å². The van der Waals surface area contributed by atoms with Crippen molar-refractivity contribution in [2.75, 3.05) is 0 Å². The summed E-state index contributed by atoms with van der Waals surface area (Å²) in [6.45, 7) is 0. The zero-order valence-electron chi connectivity index (χ0n) is 15.8. The van der Waals surface area contributed by atoms with Gasteiger partial charge in [-0.05, 0) is 31.7 Å². The Balaban J connectivity index is 1.37. The van der Waals surface area contributed by atoms with Crippen LogP contribution in [0.15, 0.2) is 24.7 Å². The van der Waals surface area contributed by atoms with E-state index in [1.165, 1.54) is 10.9 Å². The molecule has 2 fully saturated rings. The smallest absolute Gasteiger partial charge is 0.417 e. The summed E-state index contributed by atoms with van der Waals surface area (Å²) in [6, 6.07) is 0.687. The molecule has 30 heavy (non-hydrogen) atoms. The molecule has 160 valence electrons. The molecule has 0 saturated heterocycles. The van der Waals surface area contributed by atoms with Crippen LogP contribution in [0.2, 0.25) is 0 Å². The number of aliphatic carboxylic acids is 1. The van der Waals surface area contributed by atoms with Gasteiger partial charge >= 0.3 is 12.1 Å². The van der Waals surface area contributed by atoms with Crippen LogP contribution in [0.3, 0.4) is 0 Å². The van der Waals surface area contributed by atoms with Crippen molar-refractivity contribution in [3.8, 4) is 11.3 Å². The molecular weight excluding hydrogens is 403 g/mol. The molecule has 0 radical (unpaired) electrons. The molecule has 0 bridgehead atoms. The summed E-state index contributed by atoms with van der Waals surface area (Å²) < 4.78 is 41.1. The molecule has 1 amide bonds. The van der Waals surface area contributed by atoms with Gasteiger partial charge in [0.05, 0.1) is 29.6 Å². The molecule has 2 N–H and O–H groups in total. The maximum absolute atomic E-state index is 13.2. The van der Waals surface area contributed by atoms with Gasteiger partial charge in [-0.15, -0.1) is 5.10 Å². The molecular formula is C19H20F3N5O3. The lowest BCUT2D eigenvalue weighted by molar-refractivity contribution is -0.146. The van der Waals surface area contributed by atoms with Crippen LogP contribution < -0.4 is 5.32 Å². The van der Waals surface area contributed by atoms with E-state index in [4.69, 9.17) is 0 Å². The van der Waals surface area contributed by atoms with Gasteiger partial charge in [-0.2, -0.15) is 13.2 Å². The van der Waals surface area contributed by atoms with Crippen LogP contribution in [-0.4, -0.2) is 43.0 Å². The van der Waals surface area contributed by atoms with E-state index < -0.39 is 29.5 Å². The van der Waals surface area contributed by atoms with Crippen LogP contribution in [0.25, 0.3) is 11.3 Å². The molecule has 2 aliphatic carbocycles. The highest BCUT2D eigenvalue weighted by Crippen LogP contribution is 2.38. The highest BCUT2D eigenvalue weighted by molar-refractivity contribution is 5.85. The van der Waals surface area contributed by atoms with E-state index in [9.17, 15) is 27.9 Å². The number of carboxylic acid groups (broad SMARTS) is 1. The number of pyridine rings is 1. The normalized spacial score (nSPS) is 26.2. The fourth-order valence-corrected chi connectivity index (χ4v) is 4.22. The molecule has 11 heteroatoms. The third kappa shape index (κ3) is 3.88. The van der Waals surface area contributed by atoms with Gasteiger partial charge in [-0.25, -0.2) is 4.68 Å². The lowest BCUT2D eigenvalue weighted by atomic mass is 9.85. The Morgan fingerprint density at radius 1 is 1.20 bits per heavy atom. The first-order chi connectivity index (χ1) is 14.2. The number of hydrogen-bond donors (Lipinski definition) is 2. The molecule has 2 heterocycles. The third-order valence-electron chi connectivity index (χ3n) is 5.92. The number of carbonyl (C=O) groups is 2. The Bertz CT molecular complexity index is 955. The minimum Gasteiger partial charge on any atom is -0.481 e. The Morgan fingerprint density at radius 3 is 2.63 bits per heavy atom. The second-order valence-corrected chi connectivity index (χ2v) is 7.82. The van der Waals surface area contributed by atoms with Crippen molar-refractivity contribution in [3.63, 3.8) is 0 Å². The maximum atomic E-state index is 13.2. The summed E-state index contributed by atoms with van der Waals surface area (Å²) in [7, 11) is 0. The maximum Gasteiger partial charge on any atom is 0.417 e. The number of nitrogens with zero attached hydrogens (tertiary/aromatic N) is 4. The predicted octanol–water partition coefficient (Wildman–Crippen LogP) is 2.68. The number of rotatable bonds is 5. The van der Waals surface area contributed by atoms with Gasteiger partial charge in [0.2, 0.25) is 5.91 Å². The standard InChI is InChI=1S/C19H20F3N5O3/c20-19(21,22)15-4-5-23-8-14(15)16-9-27(26-25-16)11-6-10(7-11)24-17(28)12-2-1-3-13(12)18(29)30/h4-5,8-13H,1-3,6-7H2,(H,24,28)(H,29,30)/t10?,11?,12-,13-/m1/s1. The summed E-state index contributed by atoms with van der Waals surface area (Å²) >= 11 is 0. The van der Waals surface area contributed by atoms with Crippen LogP contribution in [0.1, 0.15) is 43.7 Å². The van der Waals surface area contributed by atoms with Gasteiger partial charge in [0.25, 0.3) is 0 Å². The van der Waals surface area contributed by atoms with Crippen LogP contribution >= 0.6 is 0 Å². The van der Waals surface area contributed by atoms with E-state index >= 15 is 0 Å². The zero-order chi connectivity index (χ0) is 21.5. The van der Waals surface area contributed by atoms with E-state index in [2.05, 4.69) is 20.6 Å². The Morgan fingerprint density at radius 2 is 1.93 bits per heavy atom. The molecule has 0 spiro atoms. The van der Waals surface area contributed by atoms with Crippen LogP contribution in [0.5, 0.6) is 0 Å². The quantitative estimate of drug-likeness (QED) is 0.765. The fourth-order valence-electron chi connectivity index (χ4n) is 4.22. The Kier molecular flexibility index (Phi) is 5.20. The van der Waals surface area contributed by atoms with Gasteiger partial charge in [-0.1, -0.05) is 11.6 Å². The van der Waals surface area contributed by atoms with Crippen molar-refractivity contribution < 1.29 is 27.9 Å².